The number of hydrogen-bond acceptors (Lipinski definition) is 3. The third-order valence-electron chi connectivity index (χ3n) is 3.88. The molecule has 1 amide bonds. The van der Waals surface area contributed by atoms with Crippen LogP contribution < -0.4 is 0 Å². The van der Waals surface area contributed by atoms with E-state index in [1.807, 2.05) is 24.3 Å². The fourth-order valence-corrected chi connectivity index (χ4v) is 2.59. The highest BCUT2D eigenvalue weighted by molar-refractivity contribution is 5.94. The number of imidazole rings is 1. The normalized spacial score (nSPS) is 10.9. The lowest BCUT2D eigenvalue weighted by atomic mass is 10.1. The molecule has 124 valence electrons. The summed E-state index contributed by atoms with van der Waals surface area (Å²) in [7, 11) is 1.63. The van der Waals surface area contributed by atoms with Gasteiger partial charge in [-0.15, -0.1) is 0 Å². The number of benzene rings is 2. The zero-order valence-corrected chi connectivity index (χ0v) is 13.3. The van der Waals surface area contributed by atoms with E-state index >= 15 is 0 Å². The van der Waals surface area contributed by atoms with E-state index in [2.05, 4.69) is 9.97 Å². The van der Waals surface area contributed by atoms with Crippen molar-refractivity contribution >= 4 is 16.9 Å². The van der Waals surface area contributed by atoms with Gasteiger partial charge >= 0.3 is 0 Å². The molecular weight excluding hydrogens is 309 g/mol. The number of halogens is 1. The number of aromatic hydroxyl groups is 1. The number of phenols is 1. The fourth-order valence-electron chi connectivity index (χ4n) is 2.59. The second-order valence-corrected chi connectivity index (χ2v) is 5.70. The summed E-state index contributed by atoms with van der Waals surface area (Å²) in [6.45, 7) is 0.482. The van der Waals surface area contributed by atoms with Crippen LogP contribution in [0, 0.1) is 5.82 Å². The Kier molecular flexibility index (Phi) is 4.46. The van der Waals surface area contributed by atoms with Crippen LogP contribution >= 0.6 is 0 Å². The van der Waals surface area contributed by atoms with Gasteiger partial charge in [0.15, 0.2) is 0 Å². The molecule has 0 atom stereocenters. The monoisotopic (exact) mass is 327 g/mol. The predicted octanol–water partition coefficient (Wildman–Crippen LogP) is 3.11. The first-order valence-corrected chi connectivity index (χ1v) is 7.72. The van der Waals surface area contributed by atoms with Gasteiger partial charge in [-0.2, -0.15) is 0 Å². The van der Waals surface area contributed by atoms with Gasteiger partial charge in [0.2, 0.25) is 0 Å². The molecule has 0 aliphatic rings. The molecule has 0 aliphatic heterocycles. The van der Waals surface area contributed by atoms with Crippen LogP contribution in [-0.2, 0) is 6.42 Å². The van der Waals surface area contributed by atoms with Gasteiger partial charge in [-0.3, -0.25) is 4.79 Å². The van der Waals surface area contributed by atoms with Gasteiger partial charge in [0.1, 0.15) is 17.4 Å². The third kappa shape index (κ3) is 3.37. The van der Waals surface area contributed by atoms with Crippen molar-refractivity contribution in [2.45, 2.75) is 12.8 Å². The Balaban J connectivity index is 1.58. The first-order chi connectivity index (χ1) is 11.5. The molecule has 24 heavy (non-hydrogen) atoms. The standard InChI is InChI=1S/C18H18FN3O2/c1-22(18(24)13-9-8-12(23)11-14(13)19)10-4-7-17-20-15-5-2-3-6-16(15)21-17/h2-3,5-6,8-9,11,23H,4,7,10H2,1H3,(H,20,21). The van der Waals surface area contributed by atoms with Crippen molar-refractivity contribution in [2.75, 3.05) is 13.6 Å². The Hall–Kier alpha value is -2.89. The lowest BCUT2D eigenvalue weighted by Crippen LogP contribution is -2.28. The van der Waals surface area contributed by atoms with E-state index in [0.717, 1.165) is 22.9 Å². The number of carbonyl (C=O) groups is 1. The molecule has 2 aromatic carbocycles. The fraction of sp³-hybridized carbons (Fsp3) is 0.222. The molecule has 3 rings (SSSR count). The van der Waals surface area contributed by atoms with Gasteiger partial charge < -0.3 is 15.0 Å². The first-order valence-electron chi connectivity index (χ1n) is 7.72. The van der Waals surface area contributed by atoms with Gasteiger partial charge in [0.25, 0.3) is 5.91 Å². The summed E-state index contributed by atoms with van der Waals surface area (Å²) in [6, 6.07) is 11.3. The maximum atomic E-state index is 13.7. The molecule has 1 aromatic heterocycles. The average Bonchev–Trinajstić information content (AvgIpc) is 2.97. The molecule has 0 spiro atoms. The minimum Gasteiger partial charge on any atom is -0.508 e. The largest absolute Gasteiger partial charge is 0.508 e. The molecule has 3 aromatic rings. The van der Waals surface area contributed by atoms with Crippen molar-refractivity contribution in [2.24, 2.45) is 0 Å². The summed E-state index contributed by atoms with van der Waals surface area (Å²) in [5, 5.41) is 9.21. The topological polar surface area (TPSA) is 69.2 Å². The Morgan fingerprint density at radius 1 is 1.29 bits per heavy atom. The highest BCUT2D eigenvalue weighted by Gasteiger charge is 2.16. The van der Waals surface area contributed by atoms with Gasteiger partial charge in [-0.1, -0.05) is 12.1 Å². The Morgan fingerprint density at radius 2 is 2.08 bits per heavy atom. The predicted molar refractivity (Wildman–Crippen MR) is 89.4 cm³/mol. The SMILES string of the molecule is CN(CCCc1nc2ccccc2[nH]1)C(=O)c1ccc(O)cc1F. The van der Waals surface area contributed by atoms with Crippen LogP contribution in [0.25, 0.3) is 11.0 Å². The lowest BCUT2D eigenvalue weighted by molar-refractivity contribution is 0.0788. The summed E-state index contributed by atoms with van der Waals surface area (Å²) in [5.74, 6) is -0.453. The van der Waals surface area contributed by atoms with E-state index in [0.29, 0.717) is 19.4 Å². The maximum absolute atomic E-state index is 13.7. The lowest BCUT2D eigenvalue weighted by Gasteiger charge is -2.17. The minimum absolute atomic E-state index is 0.0426. The summed E-state index contributed by atoms with van der Waals surface area (Å²) in [6.07, 6.45) is 1.41. The number of aryl methyl sites for hydroxylation is 1. The van der Waals surface area contributed by atoms with E-state index < -0.39 is 11.7 Å². The third-order valence-corrected chi connectivity index (χ3v) is 3.88. The highest BCUT2D eigenvalue weighted by Crippen LogP contribution is 2.17. The summed E-state index contributed by atoms with van der Waals surface area (Å²) >= 11 is 0. The average molecular weight is 327 g/mol. The van der Waals surface area contributed by atoms with Gasteiger partial charge in [0.05, 0.1) is 16.6 Å². The van der Waals surface area contributed by atoms with Crippen molar-refractivity contribution < 1.29 is 14.3 Å². The van der Waals surface area contributed by atoms with Crippen LogP contribution in [-0.4, -0.2) is 39.5 Å². The zero-order chi connectivity index (χ0) is 17.1. The molecule has 0 aliphatic carbocycles. The van der Waals surface area contributed by atoms with E-state index in [1.54, 1.807) is 7.05 Å². The number of nitrogens with zero attached hydrogens (tertiary/aromatic N) is 2. The van der Waals surface area contributed by atoms with Crippen molar-refractivity contribution in [3.63, 3.8) is 0 Å². The Bertz CT molecular complexity index is 843. The molecule has 1 heterocycles. The molecule has 0 bridgehead atoms. The van der Waals surface area contributed by atoms with Crippen molar-refractivity contribution in [3.05, 3.63) is 59.7 Å². The number of fused-ring (bicyclic) bond motifs is 1. The number of aromatic amines is 1. The molecular formula is C18H18FN3O2. The molecule has 0 radical (unpaired) electrons. The number of hydrogen-bond donors (Lipinski definition) is 2. The van der Waals surface area contributed by atoms with Crippen LogP contribution in [0.1, 0.15) is 22.6 Å². The number of H-pyrrole nitrogens is 1. The second-order valence-electron chi connectivity index (χ2n) is 5.70. The number of rotatable bonds is 5. The molecule has 2 N–H and O–H groups in total. The molecule has 6 heteroatoms. The minimum atomic E-state index is -0.718. The second kappa shape index (κ2) is 6.70. The quantitative estimate of drug-likeness (QED) is 0.756. The summed E-state index contributed by atoms with van der Waals surface area (Å²) in [5.41, 5.74) is 1.87. The number of amides is 1. The van der Waals surface area contributed by atoms with Crippen molar-refractivity contribution in [3.8, 4) is 5.75 Å². The number of para-hydroxylation sites is 2. The van der Waals surface area contributed by atoms with Crippen molar-refractivity contribution in [1.29, 1.82) is 0 Å². The number of aromatic nitrogens is 2. The Morgan fingerprint density at radius 3 is 2.83 bits per heavy atom. The molecule has 0 saturated heterocycles. The van der Waals surface area contributed by atoms with E-state index in [-0.39, 0.29) is 11.3 Å². The number of carbonyl (C=O) groups excluding carboxylic acids is 1. The van der Waals surface area contributed by atoms with Crippen LogP contribution in [0.3, 0.4) is 0 Å². The van der Waals surface area contributed by atoms with E-state index in [4.69, 9.17) is 0 Å². The molecule has 0 fully saturated rings. The van der Waals surface area contributed by atoms with Crippen LogP contribution in [0.5, 0.6) is 5.75 Å². The van der Waals surface area contributed by atoms with Gasteiger partial charge in [-0.25, -0.2) is 9.37 Å². The highest BCUT2D eigenvalue weighted by atomic mass is 19.1. The molecule has 0 saturated carbocycles. The van der Waals surface area contributed by atoms with Crippen LogP contribution in [0.2, 0.25) is 0 Å². The first kappa shape index (κ1) is 16.0. The molecule has 5 nitrogen and oxygen atoms in total. The smallest absolute Gasteiger partial charge is 0.256 e. The van der Waals surface area contributed by atoms with Gasteiger partial charge in [-0.05, 0) is 30.7 Å². The number of nitrogens with one attached hydrogen (secondary N) is 1. The summed E-state index contributed by atoms with van der Waals surface area (Å²) in [4.78, 5) is 21.4. The number of phenolic OH excluding ortho intramolecular Hbond substituents is 1. The summed E-state index contributed by atoms with van der Waals surface area (Å²) < 4.78 is 13.7. The van der Waals surface area contributed by atoms with Crippen LogP contribution in [0.4, 0.5) is 4.39 Å². The van der Waals surface area contributed by atoms with Crippen LogP contribution in [0.15, 0.2) is 42.5 Å². The van der Waals surface area contributed by atoms with E-state index in [1.165, 1.54) is 17.0 Å². The van der Waals surface area contributed by atoms with Gasteiger partial charge in [0, 0.05) is 26.1 Å². The van der Waals surface area contributed by atoms with E-state index in [9.17, 15) is 14.3 Å². The maximum Gasteiger partial charge on any atom is 0.256 e. The van der Waals surface area contributed by atoms with Crippen molar-refractivity contribution in [1.82, 2.24) is 14.9 Å². The molecule has 0 unspecified atom stereocenters. The zero-order valence-electron chi connectivity index (χ0n) is 13.3. The Labute approximate surface area is 138 Å².